The summed E-state index contributed by atoms with van der Waals surface area (Å²) in [6.07, 6.45) is 2.74. The van der Waals surface area contributed by atoms with Gasteiger partial charge in [-0.15, -0.1) is 0 Å². The van der Waals surface area contributed by atoms with Crippen molar-refractivity contribution in [2.45, 2.75) is 39.7 Å². The molecule has 0 spiro atoms. The molecule has 0 amide bonds. The standard InChI is InChI=1S/C21H35N3O3/c1-17(2)8-12-27-19-7-5-4-6-18(19)14-23-20(22-3)24-15-21(9-11-25)10-13-26-16-21/h4-7,17,25H,8-16H2,1-3H3,(H2,22,23,24). The molecule has 152 valence electrons. The van der Waals surface area contributed by atoms with Crippen LogP contribution in [0.3, 0.4) is 0 Å². The Kier molecular flexibility index (Phi) is 8.88. The second-order valence-electron chi connectivity index (χ2n) is 7.69. The molecule has 0 aromatic heterocycles. The number of aliphatic imine (C=N–C) groups is 1. The van der Waals surface area contributed by atoms with Crippen LogP contribution in [0, 0.1) is 11.3 Å². The SMILES string of the molecule is CN=C(NCc1ccccc1OCCC(C)C)NCC1(CCO)CCOC1. The molecule has 1 aliphatic rings. The topological polar surface area (TPSA) is 75.1 Å². The molecule has 6 nitrogen and oxygen atoms in total. The Bertz CT molecular complexity index is 584. The predicted molar refractivity (Wildman–Crippen MR) is 109 cm³/mol. The first-order valence-electron chi connectivity index (χ1n) is 9.92. The van der Waals surface area contributed by atoms with Crippen molar-refractivity contribution in [3.63, 3.8) is 0 Å². The number of nitrogens with one attached hydrogen (secondary N) is 2. The van der Waals surface area contributed by atoms with Crippen LogP contribution in [0.2, 0.25) is 0 Å². The monoisotopic (exact) mass is 377 g/mol. The summed E-state index contributed by atoms with van der Waals surface area (Å²) in [5.74, 6) is 2.29. The number of aliphatic hydroxyl groups is 1. The number of hydrogen-bond acceptors (Lipinski definition) is 4. The molecule has 0 saturated carbocycles. The molecular formula is C21H35N3O3. The summed E-state index contributed by atoms with van der Waals surface area (Å²) in [7, 11) is 1.77. The summed E-state index contributed by atoms with van der Waals surface area (Å²) in [4.78, 5) is 4.32. The Labute approximate surface area is 163 Å². The lowest BCUT2D eigenvalue weighted by Gasteiger charge is -2.27. The summed E-state index contributed by atoms with van der Waals surface area (Å²) < 4.78 is 11.5. The van der Waals surface area contributed by atoms with Crippen LogP contribution in [0.5, 0.6) is 5.75 Å². The second-order valence-corrected chi connectivity index (χ2v) is 7.69. The molecule has 0 aliphatic carbocycles. The van der Waals surface area contributed by atoms with Crippen molar-refractivity contribution in [2.24, 2.45) is 16.3 Å². The maximum Gasteiger partial charge on any atom is 0.191 e. The number of para-hydroxylation sites is 1. The van der Waals surface area contributed by atoms with Gasteiger partial charge in [0, 0.05) is 44.3 Å². The van der Waals surface area contributed by atoms with E-state index in [2.05, 4.69) is 35.5 Å². The molecule has 0 bridgehead atoms. The van der Waals surface area contributed by atoms with Gasteiger partial charge >= 0.3 is 0 Å². The van der Waals surface area contributed by atoms with E-state index in [9.17, 15) is 5.11 Å². The molecule has 1 aromatic rings. The highest BCUT2D eigenvalue weighted by Gasteiger charge is 2.34. The van der Waals surface area contributed by atoms with E-state index in [0.717, 1.165) is 56.3 Å². The first-order valence-corrected chi connectivity index (χ1v) is 9.92. The third-order valence-electron chi connectivity index (χ3n) is 5.05. The second kappa shape index (κ2) is 11.1. The molecule has 1 unspecified atom stereocenters. The van der Waals surface area contributed by atoms with Gasteiger partial charge in [0.2, 0.25) is 0 Å². The molecule has 1 aliphatic heterocycles. The smallest absolute Gasteiger partial charge is 0.191 e. The summed E-state index contributed by atoms with van der Waals surface area (Å²) >= 11 is 0. The van der Waals surface area contributed by atoms with Crippen molar-refractivity contribution >= 4 is 5.96 Å². The van der Waals surface area contributed by atoms with Gasteiger partial charge in [-0.2, -0.15) is 0 Å². The first-order chi connectivity index (χ1) is 13.1. The third kappa shape index (κ3) is 7.03. The van der Waals surface area contributed by atoms with Gasteiger partial charge in [-0.1, -0.05) is 32.0 Å². The maximum atomic E-state index is 9.36. The zero-order valence-corrected chi connectivity index (χ0v) is 17.0. The quantitative estimate of drug-likeness (QED) is 0.432. The molecule has 1 heterocycles. The number of aliphatic hydroxyl groups excluding tert-OH is 1. The lowest BCUT2D eigenvalue weighted by Crippen LogP contribution is -2.44. The largest absolute Gasteiger partial charge is 0.493 e. The number of ether oxygens (including phenoxy) is 2. The summed E-state index contributed by atoms with van der Waals surface area (Å²) in [5, 5.41) is 16.1. The Balaban J connectivity index is 1.87. The number of benzene rings is 1. The molecule has 1 saturated heterocycles. The summed E-state index contributed by atoms with van der Waals surface area (Å²) in [6, 6.07) is 8.11. The summed E-state index contributed by atoms with van der Waals surface area (Å²) in [5.41, 5.74) is 1.10. The van der Waals surface area contributed by atoms with Gasteiger partial charge in [-0.3, -0.25) is 4.99 Å². The van der Waals surface area contributed by atoms with Crippen LogP contribution in [0.4, 0.5) is 0 Å². The van der Waals surface area contributed by atoms with E-state index in [0.29, 0.717) is 19.1 Å². The maximum absolute atomic E-state index is 9.36. The molecule has 1 fully saturated rings. The number of guanidine groups is 1. The summed E-state index contributed by atoms with van der Waals surface area (Å²) in [6.45, 7) is 8.13. The first kappa shape index (κ1) is 21.5. The zero-order chi connectivity index (χ0) is 19.5. The van der Waals surface area contributed by atoms with E-state index in [1.807, 2.05) is 18.2 Å². The minimum Gasteiger partial charge on any atom is -0.493 e. The molecule has 27 heavy (non-hydrogen) atoms. The van der Waals surface area contributed by atoms with Gasteiger partial charge in [0.25, 0.3) is 0 Å². The highest BCUT2D eigenvalue weighted by molar-refractivity contribution is 5.79. The van der Waals surface area contributed by atoms with Crippen molar-refractivity contribution in [2.75, 3.05) is 40.0 Å². The number of nitrogens with zero attached hydrogens (tertiary/aromatic N) is 1. The molecule has 2 rings (SSSR count). The van der Waals surface area contributed by atoms with E-state index in [1.54, 1.807) is 7.05 Å². The highest BCUT2D eigenvalue weighted by Crippen LogP contribution is 2.31. The minimum atomic E-state index is -0.00969. The molecule has 0 radical (unpaired) electrons. The Morgan fingerprint density at radius 2 is 2.15 bits per heavy atom. The van der Waals surface area contributed by atoms with Crippen LogP contribution in [-0.2, 0) is 11.3 Å². The van der Waals surface area contributed by atoms with Crippen molar-refractivity contribution < 1.29 is 14.6 Å². The van der Waals surface area contributed by atoms with E-state index in [-0.39, 0.29) is 12.0 Å². The highest BCUT2D eigenvalue weighted by atomic mass is 16.5. The van der Waals surface area contributed by atoms with Crippen LogP contribution < -0.4 is 15.4 Å². The van der Waals surface area contributed by atoms with Gasteiger partial charge < -0.3 is 25.2 Å². The Hall–Kier alpha value is -1.79. The van der Waals surface area contributed by atoms with Crippen LogP contribution in [0.15, 0.2) is 29.3 Å². The van der Waals surface area contributed by atoms with Crippen LogP contribution in [0.1, 0.15) is 38.7 Å². The van der Waals surface area contributed by atoms with Gasteiger partial charge in [-0.05, 0) is 31.2 Å². The zero-order valence-electron chi connectivity index (χ0n) is 17.0. The van der Waals surface area contributed by atoms with Gasteiger partial charge in [0.05, 0.1) is 13.2 Å². The fourth-order valence-corrected chi connectivity index (χ4v) is 3.18. The van der Waals surface area contributed by atoms with Crippen molar-refractivity contribution in [3.8, 4) is 5.75 Å². The predicted octanol–water partition coefficient (Wildman–Crippen LogP) is 2.57. The third-order valence-corrected chi connectivity index (χ3v) is 5.05. The fraction of sp³-hybridized carbons (Fsp3) is 0.667. The fourth-order valence-electron chi connectivity index (χ4n) is 3.18. The average molecular weight is 378 g/mol. The van der Waals surface area contributed by atoms with Crippen LogP contribution >= 0.6 is 0 Å². The van der Waals surface area contributed by atoms with Crippen LogP contribution in [-0.4, -0.2) is 51.1 Å². The molecule has 1 aromatic carbocycles. The van der Waals surface area contributed by atoms with Crippen molar-refractivity contribution in [1.29, 1.82) is 0 Å². The number of hydrogen-bond donors (Lipinski definition) is 3. The molecule has 1 atom stereocenters. The molecule has 6 heteroatoms. The molecular weight excluding hydrogens is 342 g/mol. The van der Waals surface area contributed by atoms with Crippen molar-refractivity contribution in [3.05, 3.63) is 29.8 Å². The van der Waals surface area contributed by atoms with Gasteiger partial charge in [0.1, 0.15) is 5.75 Å². The minimum absolute atomic E-state index is 0.00969. The Morgan fingerprint density at radius 3 is 2.81 bits per heavy atom. The Morgan fingerprint density at radius 1 is 1.33 bits per heavy atom. The van der Waals surface area contributed by atoms with E-state index in [4.69, 9.17) is 9.47 Å². The van der Waals surface area contributed by atoms with Crippen LogP contribution in [0.25, 0.3) is 0 Å². The van der Waals surface area contributed by atoms with Crippen molar-refractivity contribution in [1.82, 2.24) is 10.6 Å². The normalized spacial score (nSPS) is 20.1. The lowest BCUT2D eigenvalue weighted by atomic mass is 9.84. The van der Waals surface area contributed by atoms with E-state index in [1.165, 1.54) is 0 Å². The number of rotatable bonds is 10. The lowest BCUT2D eigenvalue weighted by molar-refractivity contribution is 0.127. The average Bonchev–Trinajstić information content (AvgIpc) is 3.12. The van der Waals surface area contributed by atoms with E-state index < -0.39 is 0 Å². The van der Waals surface area contributed by atoms with Gasteiger partial charge in [0.15, 0.2) is 5.96 Å². The molecule has 3 N–H and O–H groups in total. The van der Waals surface area contributed by atoms with Gasteiger partial charge in [-0.25, -0.2) is 0 Å². The van der Waals surface area contributed by atoms with E-state index >= 15 is 0 Å².